The van der Waals surface area contributed by atoms with Gasteiger partial charge in [0.15, 0.2) is 0 Å². The molecule has 25 heavy (non-hydrogen) atoms. The van der Waals surface area contributed by atoms with E-state index < -0.39 is 6.36 Å². The molecule has 2 rings (SSSR count). The summed E-state index contributed by atoms with van der Waals surface area (Å²) in [7, 11) is 1.47. The molecule has 0 radical (unpaired) electrons. The van der Waals surface area contributed by atoms with E-state index in [0.29, 0.717) is 5.75 Å². The Morgan fingerprint density at radius 3 is 2.36 bits per heavy atom. The quantitative estimate of drug-likeness (QED) is 0.770. The van der Waals surface area contributed by atoms with Crippen molar-refractivity contribution in [2.45, 2.75) is 32.2 Å². The highest BCUT2D eigenvalue weighted by molar-refractivity contribution is 5.85. The van der Waals surface area contributed by atoms with Gasteiger partial charge in [0.05, 0.1) is 7.11 Å². The first kappa shape index (κ1) is 24.1. The van der Waals surface area contributed by atoms with Gasteiger partial charge in [-0.2, -0.15) is 0 Å². The van der Waals surface area contributed by atoms with E-state index in [1.807, 2.05) is 0 Å². The average Bonchev–Trinajstić information content (AvgIpc) is 2.52. The minimum Gasteiger partial charge on any atom is -0.496 e. The van der Waals surface area contributed by atoms with Crippen LogP contribution in [0, 0.1) is 0 Å². The molecule has 146 valence electrons. The Hall–Kier alpha value is -0.890. The lowest BCUT2D eigenvalue weighted by atomic mass is 9.98. The molecule has 0 aliphatic carbocycles. The van der Waals surface area contributed by atoms with E-state index in [-0.39, 0.29) is 36.6 Å². The number of alkyl halides is 3. The molecule has 0 saturated carbocycles. The lowest BCUT2D eigenvalue weighted by Gasteiger charge is -2.35. The first-order chi connectivity index (χ1) is 10.9. The van der Waals surface area contributed by atoms with Crippen LogP contribution in [0.4, 0.5) is 13.2 Å². The minimum absolute atomic E-state index is 0. The molecular weight excluding hydrogens is 380 g/mol. The number of rotatable bonds is 6. The Morgan fingerprint density at radius 2 is 1.84 bits per heavy atom. The molecule has 1 fully saturated rings. The predicted molar refractivity (Wildman–Crippen MR) is 96.3 cm³/mol. The predicted octanol–water partition coefficient (Wildman–Crippen LogP) is 4.18. The van der Waals surface area contributed by atoms with Crippen LogP contribution in [0.15, 0.2) is 18.2 Å². The molecule has 0 spiro atoms. The molecule has 9 heteroatoms. The molecule has 0 amide bonds. The van der Waals surface area contributed by atoms with Crippen molar-refractivity contribution in [3.05, 3.63) is 23.8 Å². The summed E-state index contributed by atoms with van der Waals surface area (Å²) in [6, 6.07) is 4.49. The highest BCUT2D eigenvalue weighted by Gasteiger charge is 2.32. The maximum atomic E-state index is 12.4. The maximum Gasteiger partial charge on any atom is 0.573 e. The number of halogens is 5. The third kappa shape index (κ3) is 7.09. The van der Waals surface area contributed by atoms with Gasteiger partial charge in [0.2, 0.25) is 0 Å². The molecule has 1 aromatic carbocycles. The largest absolute Gasteiger partial charge is 0.573 e. The molecule has 1 atom stereocenters. The van der Waals surface area contributed by atoms with Crippen LogP contribution >= 0.6 is 24.8 Å². The molecule has 1 saturated heterocycles. The van der Waals surface area contributed by atoms with Gasteiger partial charge in [-0.1, -0.05) is 19.4 Å². The summed E-state index contributed by atoms with van der Waals surface area (Å²) < 4.78 is 46.4. The van der Waals surface area contributed by atoms with Crippen molar-refractivity contribution in [2.24, 2.45) is 0 Å². The molecule has 0 bridgehead atoms. The van der Waals surface area contributed by atoms with Gasteiger partial charge < -0.3 is 14.8 Å². The molecular formula is C16H25Cl2F3N2O2. The first-order valence-corrected chi connectivity index (χ1v) is 7.83. The molecule has 1 aliphatic rings. The van der Waals surface area contributed by atoms with Crippen molar-refractivity contribution in [1.82, 2.24) is 10.2 Å². The van der Waals surface area contributed by atoms with Crippen molar-refractivity contribution in [1.29, 1.82) is 0 Å². The number of ether oxygens (including phenoxy) is 2. The first-order valence-electron chi connectivity index (χ1n) is 7.83. The molecule has 0 unspecified atom stereocenters. The summed E-state index contributed by atoms with van der Waals surface area (Å²) in [6.07, 6.45) is -2.79. The van der Waals surface area contributed by atoms with Gasteiger partial charge in [-0.15, -0.1) is 38.0 Å². The third-order valence-electron chi connectivity index (χ3n) is 3.95. The summed E-state index contributed by atoms with van der Waals surface area (Å²) in [5.74, 6) is 0.178. The summed E-state index contributed by atoms with van der Waals surface area (Å²) in [4.78, 5) is 2.35. The Labute approximate surface area is 158 Å². The Kier molecular flexibility index (Phi) is 10.6. The molecule has 1 heterocycles. The average molecular weight is 405 g/mol. The number of piperazine rings is 1. The van der Waals surface area contributed by atoms with Crippen molar-refractivity contribution in [3.63, 3.8) is 0 Å². The van der Waals surface area contributed by atoms with E-state index in [2.05, 4.69) is 21.9 Å². The Morgan fingerprint density at radius 1 is 1.20 bits per heavy atom. The standard InChI is InChI=1S/C16H23F3N2O2.2ClH/c1-3-4-14(21-9-7-20-8-10-21)13-6-5-12(11-15(13)22-2)23-16(17,18)19;;/h5-6,11,14,20H,3-4,7-10H2,1-2H3;2*1H/t14-;;/m0../s1. The summed E-state index contributed by atoms with van der Waals surface area (Å²) in [5.41, 5.74) is 0.908. The lowest BCUT2D eigenvalue weighted by Crippen LogP contribution is -2.45. The van der Waals surface area contributed by atoms with Gasteiger partial charge in [0.25, 0.3) is 0 Å². The fourth-order valence-corrected chi connectivity index (χ4v) is 2.97. The maximum absolute atomic E-state index is 12.4. The van der Waals surface area contributed by atoms with Crippen molar-refractivity contribution in [2.75, 3.05) is 33.3 Å². The molecule has 1 aromatic rings. The van der Waals surface area contributed by atoms with Gasteiger partial charge in [-0.3, -0.25) is 4.90 Å². The minimum atomic E-state index is -4.70. The molecule has 1 aliphatic heterocycles. The SMILES string of the molecule is CCC[C@@H](c1ccc(OC(F)(F)F)cc1OC)N1CCNCC1.Cl.Cl. The number of benzene rings is 1. The van der Waals surface area contributed by atoms with Gasteiger partial charge in [0, 0.05) is 43.9 Å². The summed E-state index contributed by atoms with van der Waals surface area (Å²) >= 11 is 0. The Bertz CT molecular complexity index is 513. The van der Waals surface area contributed by atoms with Crippen molar-refractivity contribution >= 4 is 24.8 Å². The smallest absolute Gasteiger partial charge is 0.496 e. The fraction of sp³-hybridized carbons (Fsp3) is 0.625. The zero-order valence-corrected chi connectivity index (χ0v) is 15.9. The van der Waals surface area contributed by atoms with E-state index in [4.69, 9.17) is 4.74 Å². The van der Waals surface area contributed by atoms with Crippen molar-refractivity contribution < 1.29 is 22.6 Å². The van der Waals surface area contributed by atoms with E-state index >= 15 is 0 Å². The van der Waals surface area contributed by atoms with E-state index in [1.165, 1.54) is 19.2 Å². The van der Waals surface area contributed by atoms with Crippen LogP contribution in [0.5, 0.6) is 11.5 Å². The monoisotopic (exact) mass is 404 g/mol. The second-order valence-corrected chi connectivity index (χ2v) is 5.54. The zero-order valence-electron chi connectivity index (χ0n) is 14.3. The lowest BCUT2D eigenvalue weighted by molar-refractivity contribution is -0.274. The van der Waals surface area contributed by atoms with Crippen LogP contribution in [0.25, 0.3) is 0 Å². The summed E-state index contributed by atoms with van der Waals surface area (Å²) in [5, 5.41) is 3.31. The number of methoxy groups -OCH3 is 1. The highest BCUT2D eigenvalue weighted by atomic mass is 35.5. The van der Waals surface area contributed by atoms with Crippen LogP contribution in [0.2, 0.25) is 0 Å². The summed E-state index contributed by atoms with van der Waals surface area (Å²) in [6.45, 7) is 5.75. The van der Waals surface area contributed by atoms with Crippen LogP contribution in [-0.4, -0.2) is 44.6 Å². The number of hydrogen-bond acceptors (Lipinski definition) is 4. The molecule has 1 N–H and O–H groups in total. The van der Waals surface area contributed by atoms with Crippen LogP contribution in [-0.2, 0) is 0 Å². The van der Waals surface area contributed by atoms with Crippen LogP contribution in [0.1, 0.15) is 31.4 Å². The normalized spacial score (nSPS) is 16.4. The highest BCUT2D eigenvalue weighted by Crippen LogP contribution is 2.36. The van der Waals surface area contributed by atoms with Gasteiger partial charge in [-0.25, -0.2) is 0 Å². The van der Waals surface area contributed by atoms with Gasteiger partial charge >= 0.3 is 6.36 Å². The molecule has 4 nitrogen and oxygen atoms in total. The topological polar surface area (TPSA) is 33.7 Å². The number of nitrogens with one attached hydrogen (secondary N) is 1. The fourth-order valence-electron chi connectivity index (χ4n) is 2.97. The second kappa shape index (κ2) is 11.0. The van der Waals surface area contributed by atoms with E-state index in [0.717, 1.165) is 44.6 Å². The van der Waals surface area contributed by atoms with Crippen LogP contribution < -0.4 is 14.8 Å². The number of hydrogen-bond donors (Lipinski definition) is 1. The second-order valence-electron chi connectivity index (χ2n) is 5.54. The zero-order chi connectivity index (χ0) is 16.9. The Balaban J connectivity index is 0.00000288. The van der Waals surface area contributed by atoms with E-state index in [9.17, 15) is 13.2 Å². The van der Waals surface area contributed by atoms with Gasteiger partial charge in [-0.05, 0) is 12.5 Å². The van der Waals surface area contributed by atoms with Crippen molar-refractivity contribution in [3.8, 4) is 11.5 Å². The third-order valence-corrected chi connectivity index (χ3v) is 3.95. The van der Waals surface area contributed by atoms with E-state index in [1.54, 1.807) is 6.07 Å². The van der Waals surface area contributed by atoms with Gasteiger partial charge in [0.1, 0.15) is 11.5 Å². The number of nitrogens with zero attached hydrogens (tertiary/aromatic N) is 1. The molecule has 0 aromatic heterocycles. The van der Waals surface area contributed by atoms with Crippen LogP contribution in [0.3, 0.4) is 0 Å².